The molecule has 4 nitrogen and oxygen atoms in total. The maximum absolute atomic E-state index is 12.7. The summed E-state index contributed by atoms with van der Waals surface area (Å²) in [4.78, 5) is 28.0. The third-order valence-electron chi connectivity index (χ3n) is 3.93. The van der Waals surface area contributed by atoms with E-state index in [4.69, 9.17) is 0 Å². The SMILES string of the molecule is CCCC1C(=O)NC(C(C)C)C(=O)N1CCc1cccs1. The maximum atomic E-state index is 12.7. The predicted octanol–water partition coefficient (Wildman–Crippen LogP) is 2.44. The number of hydrogen-bond acceptors (Lipinski definition) is 3. The molecule has 0 bridgehead atoms. The molecule has 21 heavy (non-hydrogen) atoms. The number of nitrogens with zero attached hydrogens (tertiary/aromatic N) is 1. The zero-order chi connectivity index (χ0) is 15.4. The van der Waals surface area contributed by atoms with Gasteiger partial charge in [-0.25, -0.2) is 0 Å². The van der Waals surface area contributed by atoms with Crippen LogP contribution in [0.4, 0.5) is 0 Å². The number of carbonyl (C=O) groups is 2. The van der Waals surface area contributed by atoms with Crippen molar-refractivity contribution in [3.05, 3.63) is 22.4 Å². The molecule has 0 radical (unpaired) electrons. The van der Waals surface area contributed by atoms with Crippen molar-refractivity contribution in [3.63, 3.8) is 0 Å². The molecule has 1 N–H and O–H groups in total. The van der Waals surface area contributed by atoms with Gasteiger partial charge in [-0.05, 0) is 30.2 Å². The van der Waals surface area contributed by atoms with Crippen LogP contribution in [-0.4, -0.2) is 35.3 Å². The monoisotopic (exact) mass is 308 g/mol. The van der Waals surface area contributed by atoms with Gasteiger partial charge in [0.15, 0.2) is 0 Å². The van der Waals surface area contributed by atoms with Crippen molar-refractivity contribution in [2.24, 2.45) is 5.92 Å². The fourth-order valence-electron chi connectivity index (χ4n) is 2.75. The van der Waals surface area contributed by atoms with Crippen LogP contribution in [0, 0.1) is 5.92 Å². The van der Waals surface area contributed by atoms with Crippen molar-refractivity contribution in [1.82, 2.24) is 10.2 Å². The van der Waals surface area contributed by atoms with E-state index < -0.39 is 0 Å². The molecule has 116 valence electrons. The van der Waals surface area contributed by atoms with Crippen molar-refractivity contribution in [2.75, 3.05) is 6.54 Å². The van der Waals surface area contributed by atoms with E-state index in [2.05, 4.69) is 11.4 Å². The molecule has 1 aliphatic rings. The Bertz CT molecular complexity index is 484. The molecule has 1 aliphatic heterocycles. The highest BCUT2D eigenvalue weighted by Gasteiger charge is 2.40. The number of carbonyl (C=O) groups excluding carboxylic acids is 2. The second-order valence-electron chi connectivity index (χ2n) is 5.90. The smallest absolute Gasteiger partial charge is 0.246 e. The van der Waals surface area contributed by atoms with Gasteiger partial charge < -0.3 is 10.2 Å². The molecule has 1 saturated heterocycles. The number of hydrogen-bond donors (Lipinski definition) is 1. The Morgan fingerprint density at radius 1 is 1.38 bits per heavy atom. The van der Waals surface area contributed by atoms with Crippen molar-refractivity contribution < 1.29 is 9.59 Å². The van der Waals surface area contributed by atoms with E-state index >= 15 is 0 Å². The maximum Gasteiger partial charge on any atom is 0.246 e. The minimum absolute atomic E-state index is 0.00123. The number of thiophene rings is 1. The van der Waals surface area contributed by atoms with Gasteiger partial charge in [0, 0.05) is 11.4 Å². The van der Waals surface area contributed by atoms with Gasteiger partial charge in [0.2, 0.25) is 11.8 Å². The van der Waals surface area contributed by atoms with E-state index in [1.54, 1.807) is 16.2 Å². The summed E-state index contributed by atoms with van der Waals surface area (Å²) in [5, 5.41) is 4.94. The number of piperazine rings is 1. The summed E-state index contributed by atoms with van der Waals surface area (Å²) >= 11 is 1.70. The predicted molar refractivity (Wildman–Crippen MR) is 85.2 cm³/mol. The minimum atomic E-state index is -0.381. The molecule has 0 saturated carbocycles. The summed E-state index contributed by atoms with van der Waals surface area (Å²) in [6, 6.07) is 3.41. The third-order valence-corrected chi connectivity index (χ3v) is 4.87. The van der Waals surface area contributed by atoms with Crippen molar-refractivity contribution in [2.45, 2.75) is 52.1 Å². The first-order chi connectivity index (χ1) is 10.0. The topological polar surface area (TPSA) is 49.4 Å². The fraction of sp³-hybridized carbons (Fsp3) is 0.625. The Labute approximate surface area is 130 Å². The molecule has 2 heterocycles. The van der Waals surface area contributed by atoms with Gasteiger partial charge in [0.1, 0.15) is 12.1 Å². The van der Waals surface area contributed by atoms with Crippen LogP contribution in [0.3, 0.4) is 0 Å². The van der Waals surface area contributed by atoms with Crippen molar-refractivity contribution in [1.29, 1.82) is 0 Å². The first kappa shape index (κ1) is 16.0. The van der Waals surface area contributed by atoms with Crippen LogP contribution >= 0.6 is 11.3 Å². The van der Waals surface area contributed by atoms with E-state index in [-0.39, 0.29) is 29.8 Å². The summed E-state index contributed by atoms with van der Waals surface area (Å²) in [6.07, 6.45) is 2.45. The second-order valence-corrected chi connectivity index (χ2v) is 6.93. The van der Waals surface area contributed by atoms with Crippen LogP contribution in [0.5, 0.6) is 0 Å². The van der Waals surface area contributed by atoms with Crippen molar-refractivity contribution >= 4 is 23.2 Å². The molecule has 1 fully saturated rings. The largest absolute Gasteiger partial charge is 0.342 e. The first-order valence-electron chi connectivity index (χ1n) is 7.67. The average Bonchev–Trinajstić information content (AvgIpc) is 2.95. The summed E-state index contributed by atoms with van der Waals surface area (Å²) in [6.45, 7) is 6.62. The number of rotatable bonds is 6. The molecular weight excluding hydrogens is 284 g/mol. The van der Waals surface area contributed by atoms with Gasteiger partial charge in [-0.3, -0.25) is 9.59 Å². The summed E-state index contributed by atoms with van der Waals surface area (Å²) in [7, 11) is 0. The standard InChI is InChI=1S/C16H24N2O2S/c1-4-6-13-15(19)17-14(11(2)3)16(20)18(13)9-8-12-7-5-10-21-12/h5,7,10-11,13-14H,4,6,8-9H2,1-3H3,(H,17,19). The lowest BCUT2D eigenvalue weighted by Gasteiger charge is -2.40. The lowest BCUT2D eigenvalue weighted by molar-refractivity contribution is -0.150. The molecule has 2 amide bonds. The first-order valence-corrected chi connectivity index (χ1v) is 8.55. The Hall–Kier alpha value is -1.36. The fourth-order valence-corrected chi connectivity index (χ4v) is 3.45. The van der Waals surface area contributed by atoms with Gasteiger partial charge >= 0.3 is 0 Å². The molecular formula is C16H24N2O2S. The molecule has 2 rings (SSSR count). The van der Waals surface area contributed by atoms with E-state index in [0.29, 0.717) is 6.54 Å². The average molecular weight is 308 g/mol. The van der Waals surface area contributed by atoms with Crippen LogP contribution in [0.25, 0.3) is 0 Å². The van der Waals surface area contributed by atoms with E-state index in [0.717, 1.165) is 19.3 Å². The van der Waals surface area contributed by atoms with Crippen LogP contribution in [-0.2, 0) is 16.0 Å². The van der Waals surface area contributed by atoms with Crippen LogP contribution in [0.15, 0.2) is 17.5 Å². The summed E-state index contributed by atoms with van der Waals surface area (Å²) in [5.41, 5.74) is 0. The Balaban J connectivity index is 2.13. The zero-order valence-electron chi connectivity index (χ0n) is 13.0. The quantitative estimate of drug-likeness (QED) is 0.877. The van der Waals surface area contributed by atoms with E-state index in [1.165, 1.54) is 4.88 Å². The third kappa shape index (κ3) is 3.64. The molecule has 0 spiro atoms. The highest BCUT2D eigenvalue weighted by molar-refractivity contribution is 7.09. The highest BCUT2D eigenvalue weighted by Crippen LogP contribution is 2.20. The molecule has 2 unspecified atom stereocenters. The molecule has 1 aromatic rings. The zero-order valence-corrected chi connectivity index (χ0v) is 13.8. The Morgan fingerprint density at radius 3 is 2.71 bits per heavy atom. The highest BCUT2D eigenvalue weighted by atomic mass is 32.1. The lowest BCUT2D eigenvalue weighted by atomic mass is 9.96. The molecule has 0 aliphatic carbocycles. The molecule has 1 aromatic heterocycles. The summed E-state index contributed by atoms with van der Waals surface area (Å²) in [5.74, 6) is 0.189. The van der Waals surface area contributed by atoms with Gasteiger partial charge in [-0.2, -0.15) is 0 Å². The molecule has 5 heteroatoms. The van der Waals surface area contributed by atoms with E-state index in [1.807, 2.05) is 32.2 Å². The summed E-state index contributed by atoms with van der Waals surface area (Å²) < 4.78 is 0. The lowest BCUT2D eigenvalue weighted by Crippen LogP contribution is -2.64. The van der Waals surface area contributed by atoms with Gasteiger partial charge in [0.05, 0.1) is 0 Å². The minimum Gasteiger partial charge on any atom is -0.342 e. The van der Waals surface area contributed by atoms with Crippen LogP contribution in [0.1, 0.15) is 38.5 Å². The Kier molecular flexibility index (Phi) is 5.39. The molecule has 2 atom stereocenters. The number of amides is 2. The van der Waals surface area contributed by atoms with Crippen LogP contribution < -0.4 is 5.32 Å². The molecule has 0 aromatic carbocycles. The Morgan fingerprint density at radius 2 is 2.14 bits per heavy atom. The van der Waals surface area contributed by atoms with Gasteiger partial charge in [0.25, 0.3) is 0 Å². The normalized spacial score (nSPS) is 22.8. The van der Waals surface area contributed by atoms with Crippen molar-refractivity contribution in [3.8, 4) is 0 Å². The van der Waals surface area contributed by atoms with E-state index in [9.17, 15) is 9.59 Å². The van der Waals surface area contributed by atoms with Gasteiger partial charge in [-0.1, -0.05) is 33.3 Å². The second kappa shape index (κ2) is 7.07. The van der Waals surface area contributed by atoms with Gasteiger partial charge in [-0.15, -0.1) is 11.3 Å². The number of nitrogens with one attached hydrogen (secondary N) is 1. The van der Waals surface area contributed by atoms with Crippen LogP contribution in [0.2, 0.25) is 0 Å².